The molecule has 2 aromatic rings. The molecule has 4 heteroatoms. The van der Waals surface area contributed by atoms with Crippen molar-refractivity contribution in [3.05, 3.63) is 36.0 Å². The standard InChI is InChI=1S/C12H14N3O/c1-14-7-6-9-8-15(12(13)16)11-5-3-2-4-10(9)11/h3-5,8,14H,6-7H2,1H3,(H2,13,16). The number of amides is 1. The molecule has 4 nitrogen and oxygen atoms in total. The van der Waals surface area contributed by atoms with Gasteiger partial charge in [0.15, 0.2) is 0 Å². The summed E-state index contributed by atoms with van der Waals surface area (Å²) in [5.74, 6) is 0. The van der Waals surface area contributed by atoms with Crippen LogP contribution in [0.1, 0.15) is 5.56 Å². The second-order valence-corrected chi connectivity index (χ2v) is 3.66. The molecule has 0 unspecified atom stereocenters. The minimum absolute atomic E-state index is 0.452. The summed E-state index contributed by atoms with van der Waals surface area (Å²) in [5.41, 5.74) is 7.28. The Kier molecular flexibility index (Phi) is 2.92. The number of fused-ring (bicyclic) bond motifs is 1. The third-order valence-corrected chi connectivity index (χ3v) is 2.61. The number of aromatic nitrogens is 1. The average Bonchev–Trinajstić information content (AvgIpc) is 2.65. The smallest absolute Gasteiger partial charge is 0.323 e. The number of nitrogens with two attached hydrogens (primary N) is 1. The molecule has 2 rings (SSSR count). The van der Waals surface area contributed by atoms with Crippen LogP contribution in [0.4, 0.5) is 4.79 Å². The zero-order valence-electron chi connectivity index (χ0n) is 9.16. The maximum absolute atomic E-state index is 11.3. The molecule has 0 fully saturated rings. The van der Waals surface area contributed by atoms with Gasteiger partial charge in [0, 0.05) is 11.6 Å². The largest absolute Gasteiger partial charge is 0.351 e. The molecule has 0 aliphatic carbocycles. The van der Waals surface area contributed by atoms with Crippen molar-refractivity contribution >= 4 is 16.9 Å². The van der Waals surface area contributed by atoms with E-state index in [-0.39, 0.29) is 0 Å². The van der Waals surface area contributed by atoms with Gasteiger partial charge in [-0.25, -0.2) is 4.79 Å². The van der Waals surface area contributed by atoms with Crippen LogP contribution in [0, 0.1) is 6.07 Å². The molecule has 1 amide bonds. The monoisotopic (exact) mass is 216 g/mol. The van der Waals surface area contributed by atoms with E-state index in [9.17, 15) is 4.79 Å². The Hall–Kier alpha value is -1.81. The number of likely N-dealkylation sites (N-methyl/N-ethyl adjacent to an activating group) is 1. The lowest BCUT2D eigenvalue weighted by molar-refractivity contribution is 0.251. The van der Waals surface area contributed by atoms with Crippen LogP contribution in [0.25, 0.3) is 10.9 Å². The number of primary amides is 1. The van der Waals surface area contributed by atoms with Gasteiger partial charge in [-0.1, -0.05) is 6.07 Å². The zero-order chi connectivity index (χ0) is 11.5. The fraction of sp³-hybridized carbons (Fsp3) is 0.250. The van der Waals surface area contributed by atoms with Crippen LogP contribution < -0.4 is 11.1 Å². The number of carbonyl (C=O) groups excluding carboxylic acids is 1. The maximum atomic E-state index is 11.3. The van der Waals surface area contributed by atoms with Crippen LogP contribution in [0.5, 0.6) is 0 Å². The van der Waals surface area contributed by atoms with E-state index in [4.69, 9.17) is 5.73 Å². The minimum Gasteiger partial charge on any atom is -0.351 e. The maximum Gasteiger partial charge on any atom is 0.323 e. The Morgan fingerprint density at radius 1 is 1.62 bits per heavy atom. The van der Waals surface area contributed by atoms with Crippen LogP contribution in [0.2, 0.25) is 0 Å². The molecule has 0 bridgehead atoms. The van der Waals surface area contributed by atoms with E-state index in [1.807, 2.05) is 19.2 Å². The van der Waals surface area contributed by atoms with Crippen LogP contribution in [0.3, 0.4) is 0 Å². The molecular formula is C12H14N3O. The summed E-state index contributed by atoms with van der Waals surface area (Å²) in [6.07, 6.45) is 2.67. The van der Waals surface area contributed by atoms with Gasteiger partial charge in [-0.3, -0.25) is 4.57 Å². The summed E-state index contributed by atoms with van der Waals surface area (Å²) in [7, 11) is 1.90. The van der Waals surface area contributed by atoms with Gasteiger partial charge in [0.2, 0.25) is 0 Å². The highest BCUT2D eigenvalue weighted by atomic mass is 16.2. The fourth-order valence-electron chi connectivity index (χ4n) is 1.83. The molecule has 0 saturated heterocycles. The molecule has 0 aliphatic heterocycles. The molecule has 1 radical (unpaired) electrons. The molecule has 0 saturated carbocycles. The van der Waals surface area contributed by atoms with Gasteiger partial charge in [-0.05, 0) is 43.8 Å². The third-order valence-electron chi connectivity index (χ3n) is 2.61. The normalized spacial score (nSPS) is 10.8. The Balaban J connectivity index is 2.53. The summed E-state index contributed by atoms with van der Waals surface area (Å²) in [6, 6.07) is 8.09. The molecule has 0 aliphatic rings. The zero-order valence-corrected chi connectivity index (χ0v) is 9.16. The van der Waals surface area contributed by atoms with Crippen LogP contribution in [-0.4, -0.2) is 24.2 Å². The molecule has 83 valence electrons. The second kappa shape index (κ2) is 4.37. The molecule has 0 atom stereocenters. The Morgan fingerprint density at radius 3 is 3.12 bits per heavy atom. The molecule has 3 N–H and O–H groups in total. The van der Waals surface area contributed by atoms with Crippen LogP contribution in [-0.2, 0) is 6.42 Å². The molecular weight excluding hydrogens is 202 g/mol. The van der Waals surface area contributed by atoms with Crippen molar-refractivity contribution < 1.29 is 4.79 Å². The minimum atomic E-state index is -0.452. The molecule has 0 spiro atoms. The van der Waals surface area contributed by atoms with Gasteiger partial charge in [0.25, 0.3) is 0 Å². The van der Waals surface area contributed by atoms with Crippen LogP contribution in [0.15, 0.2) is 24.4 Å². The van der Waals surface area contributed by atoms with E-state index in [1.54, 1.807) is 12.3 Å². The van der Waals surface area contributed by atoms with E-state index in [0.29, 0.717) is 0 Å². The second-order valence-electron chi connectivity index (χ2n) is 3.66. The van der Waals surface area contributed by atoms with Crippen molar-refractivity contribution in [2.75, 3.05) is 13.6 Å². The van der Waals surface area contributed by atoms with Gasteiger partial charge in [0.05, 0.1) is 5.52 Å². The summed E-state index contributed by atoms with van der Waals surface area (Å²) in [4.78, 5) is 11.3. The highest BCUT2D eigenvalue weighted by Gasteiger charge is 2.10. The number of hydrogen-bond donors (Lipinski definition) is 2. The lowest BCUT2D eigenvalue weighted by Crippen LogP contribution is -2.18. The Morgan fingerprint density at radius 2 is 2.44 bits per heavy atom. The first-order valence-electron chi connectivity index (χ1n) is 5.18. The summed E-state index contributed by atoms with van der Waals surface area (Å²) < 4.78 is 1.48. The van der Waals surface area contributed by atoms with Crippen LogP contribution >= 0.6 is 0 Å². The SMILES string of the molecule is CNCCc1cn(C(N)=O)c2cc[c]cc12. The summed E-state index contributed by atoms with van der Waals surface area (Å²) in [5, 5.41) is 4.12. The molecule has 1 heterocycles. The van der Waals surface area contributed by atoms with Gasteiger partial charge in [-0.15, -0.1) is 0 Å². The first-order chi connectivity index (χ1) is 7.74. The number of benzene rings is 1. The summed E-state index contributed by atoms with van der Waals surface area (Å²) >= 11 is 0. The third kappa shape index (κ3) is 1.79. The van der Waals surface area contributed by atoms with Crippen molar-refractivity contribution in [2.24, 2.45) is 5.73 Å². The lowest BCUT2D eigenvalue weighted by atomic mass is 10.1. The van der Waals surface area contributed by atoms with Gasteiger partial charge >= 0.3 is 6.03 Å². The summed E-state index contributed by atoms with van der Waals surface area (Å²) in [6.45, 7) is 0.868. The van der Waals surface area contributed by atoms with E-state index in [0.717, 1.165) is 29.4 Å². The van der Waals surface area contributed by atoms with E-state index in [2.05, 4.69) is 11.4 Å². The molecule has 1 aromatic heterocycles. The van der Waals surface area contributed by atoms with Crippen molar-refractivity contribution in [1.82, 2.24) is 9.88 Å². The average molecular weight is 216 g/mol. The predicted molar refractivity (Wildman–Crippen MR) is 63.4 cm³/mol. The van der Waals surface area contributed by atoms with E-state index in [1.165, 1.54) is 4.57 Å². The number of nitrogens with one attached hydrogen (secondary N) is 1. The van der Waals surface area contributed by atoms with Crippen molar-refractivity contribution in [3.8, 4) is 0 Å². The Bertz CT molecular complexity index is 516. The van der Waals surface area contributed by atoms with Crippen molar-refractivity contribution in [3.63, 3.8) is 0 Å². The van der Waals surface area contributed by atoms with E-state index < -0.39 is 6.03 Å². The quantitative estimate of drug-likeness (QED) is 0.808. The number of carbonyl (C=O) groups is 1. The highest BCUT2D eigenvalue weighted by Crippen LogP contribution is 2.20. The van der Waals surface area contributed by atoms with Crippen molar-refractivity contribution in [2.45, 2.75) is 6.42 Å². The first-order valence-corrected chi connectivity index (χ1v) is 5.18. The highest BCUT2D eigenvalue weighted by molar-refractivity contribution is 5.93. The predicted octanol–water partition coefficient (Wildman–Crippen LogP) is 1.13. The molecule has 16 heavy (non-hydrogen) atoms. The molecule has 1 aromatic carbocycles. The van der Waals surface area contributed by atoms with E-state index >= 15 is 0 Å². The Labute approximate surface area is 94.0 Å². The topological polar surface area (TPSA) is 60.1 Å². The van der Waals surface area contributed by atoms with Crippen molar-refractivity contribution in [1.29, 1.82) is 0 Å². The fourth-order valence-corrected chi connectivity index (χ4v) is 1.83. The number of rotatable bonds is 3. The van der Waals surface area contributed by atoms with Gasteiger partial charge < -0.3 is 11.1 Å². The lowest BCUT2D eigenvalue weighted by Gasteiger charge is -1.97. The van der Waals surface area contributed by atoms with Gasteiger partial charge in [0.1, 0.15) is 0 Å². The number of hydrogen-bond acceptors (Lipinski definition) is 2. The van der Waals surface area contributed by atoms with Gasteiger partial charge in [-0.2, -0.15) is 0 Å². The number of nitrogens with zero attached hydrogens (tertiary/aromatic N) is 1. The first kappa shape index (κ1) is 10.7.